The van der Waals surface area contributed by atoms with E-state index in [-0.39, 0.29) is 6.10 Å². The van der Waals surface area contributed by atoms with Crippen molar-refractivity contribution in [3.05, 3.63) is 0 Å². The van der Waals surface area contributed by atoms with Gasteiger partial charge in [0.15, 0.2) is 0 Å². The molecule has 0 saturated carbocycles. The first kappa shape index (κ1) is 13.3. The van der Waals surface area contributed by atoms with Crippen LogP contribution in [0.4, 0.5) is 0 Å². The van der Waals surface area contributed by atoms with Crippen molar-refractivity contribution in [3.63, 3.8) is 0 Å². The van der Waals surface area contributed by atoms with E-state index in [1.807, 2.05) is 11.8 Å². The molecule has 0 aromatic carbocycles. The second kappa shape index (κ2) is 6.72. The Morgan fingerprint density at radius 1 is 1.23 bits per heavy atom. The molecule has 0 heterocycles. The first-order valence-corrected chi connectivity index (χ1v) is 6.37. The van der Waals surface area contributed by atoms with Gasteiger partial charge < -0.3 is 5.11 Å². The molecule has 0 aliphatic heterocycles. The van der Waals surface area contributed by atoms with Crippen LogP contribution >= 0.6 is 11.8 Å². The van der Waals surface area contributed by atoms with Crippen LogP contribution in [0.15, 0.2) is 0 Å². The average molecular weight is 204 g/mol. The summed E-state index contributed by atoms with van der Waals surface area (Å²) in [6.45, 7) is 8.83. The van der Waals surface area contributed by atoms with Gasteiger partial charge in [-0.1, -0.05) is 27.7 Å². The van der Waals surface area contributed by atoms with E-state index in [1.165, 1.54) is 0 Å². The van der Waals surface area contributed by atoms with E-state index < -0.39 is 0 Å². The third-order valence-corrected chi connectivity index (χ3v) is 2.96. The lowest BCUT2D eigenvalue weighted by Gasteiger charge is -2.20. The Morgan fingerprint density at radius 2 is 1.85 bits per heavy atom. The van der Waals surface area contributed by atoms with Gasteiger partial charge in [0.05, 0.1) is 6.10 Å². The molecule has 0 aliphatic carbocycles. The van der Waals surface area contributed by atoms with Crippen LogP contribution in [0.3, 0.4) is 0 Å². The van der Waals surface area contributed by atoms with E-state index >= 15 is 0 Å². The summed E-state index contributed by atoms with van der Waals surface area (Å²) in [7, 11) is 0. The van der Waals surface area contributed by atoms with Crippen LogP contribution in [0.2, 0.25) is 0 Å². The van der Waals surface area contributed by atoms with Crippen molar-refractivity contribution in [2.24, 2.45) is 5.41 Å². The molecule has 0 radical (unpaired) electrons. The first-order chi connectivity index (χ1) is 5.95. The minimum atomic E-state index is -0.0849. The number of aliphatic hydroxyl groups excluding tert-OH is 1. The summed E-state index contributed by atoms with van der Waals surface area (Å²) in [6, 6.07) is 0. The molecule has 0 aliphatic rings. The zero-order chi connectivity index (χ0) is 10.3. The zero-order valence-corrected chi connectivity index (χ0v) is 10.3. The van der Waals surface area contributed by atoms with Crippen molar-refractivity contribution in [2.45, 2.75) is 53.1 Å². The molecule has 1 nitrogen and oxygen atoms in total. The van der Waals surface area contributed by atoms with Gasteiger partial charge in [-0.3, -0.25) is 0 Å². The van der Waals surface area contributed by atoms with Gasteiger partial charge in [0.25, 0.3) is 0 Å². The van der Waals surface area contributed by atoms with Crippen LogP contribution in [0.25, 0.3) is 0 Å². The highest BCUT2D eigenvalue weighted by molar-refractivity contribution is 7.99. The van der Waals surface area contributed by atoms with Gasteiger partial charge in [0, 0.05) is 0 Å². The SMILES string of the molecule is CCSCCC(O)CCC(C)(C)C. The summed E-state index contributed by atoms with van der Waals surface area (Å²) in [4.78, 5) is 0. The maximum absolute atomic E-state index is 9.63. The minimum Gasteiger partial charge on any atom is -0.393 e. The minimum absolute atomic E-state index is 0.0849. The first-order valence-electron chi connectivity index (χ1n) is 5.21. The highest BCUT2D eigenvalue weighted by Crippen LogP contribution is 2.22. The van der Waals surface area contributed by atoms with Gasteiger partial charge in [-0.05, 0) is 36.2 Å². The molecule has 0 aromatic rings. The summed E-state index contributed by atoms with van der Waals surface area (Å²) in [5, 5.41) is 9.63. The van der Waals surface area contributed by atoms with Gasteiger partial charge in [0.2, 0.25) is 0 Å². The van der Waals surface area contributed by atoms with Crippen molar-refractivity contribution < 1.29 is 5.11 Å². The van der Waals surface area contributed by atoms with E-state index in [2.05, 4.69) is 27.7 Å². The molecular weight excluding hydrogens is 180 g/mol. The Kier molecular flexibility index (Phi) is 6.88. The summed E-state index contributed by atoms with van der Waals surface area (Å²) >= 11 is 1.91. The molecule has 80 valence electrons. The standard InChI is InChI=1S/C11H24OS/c1-5-13-9-7-10(12)6-8-11(2,3)4/h10,12H,5-9H2,1-4H3. The largest absolute Gasteiger partial charge is 0.393 e. The molecule has 1 N–H and O–H groups in total. The van der Waals surface area contributed by atoms with Crippen LogP contribution in [0.1, 0.15) is 47.0 Å². The van der Waals surface area contributed by atoms with E-state index in [0.717, 1.165) is 30.8 Å². The fourth-order valence-corrected chi connectivity index (χ4v) is 1.84. The summed E-state index contributed by atoms with van der Waals surface area (Å²) < 4.78 is 0. The molecule has 1 atom stereocenters. The Hall–Kier alpha value is 0.310. The predicted molar refractivity (Wildman–Crippen MR) is 62.3 cm³/mol. The number of thioether (sulfide) groups is 1. The van der Waals surface area contributed by atoms with Crippen LogP contribution in [0.5, 0.6) is 0 Å². The van der Waals surface area contributed by atoms with E-state index in [1.54, 1.807) is 0 Å². The van der Waals surface area contributed by atoms with Gasteiger partial charge in [0.1, 0.15) is 0 Å². The highest BCUT2D eigenvalue weighted by Gasteiger charge is 2.12. The highest BCUT2D eigenvalue weighted by atomic mass is 32.2. The van der Waals surface area contributed by atoms with Crippen LogP contribution in [0, 0.1) is 5.41 Å². The van der Waals surface area contributed by atoms with Gasteiger partial charge in [-0.15, -0.1) is 0 Å². The van der Waals surface area contributed by atoms with Crippen LogP contribution in [-0.2, 0) is 0 Å². The maximum Gasteiger partial charge on any atom is 0.0548 e. The molecule has 0 fully saturated rings. The Labute approximate surface area is 87.3 Å². The molecule has 0 rings (SSSR count). The quantitative estimate of drug-likeness (QED) is 0.670. The number of aliphatic hydroxyl groups is 1. The molecule has 1 unspecified atom stereocenters. The molecule has 2 heteroatoms. The van der Waals surface area contributed by atoms with E-state index in [9.17, 15) is 5.11 Å². The second-order valence-corrected chi connectivity index (χ2v) is 6.13. The van der Waals surface area contributed by atoms with Crippen molar-refractivity contribution >= 4 is 11.8 Å². The normalized spacial score (nSPS) is 14.5. The number of rotatable bonds is 6. The van der Waals surface area contributed by atoms with Gasteiger partial charge in [-0.25, -0.2) is 0 Å². The zero-order valence-electron chi connectivity index (χ0n) is 9.47. The predicted octanol–water partition coefficient (Wildman–Crippen LogP) is 3.32. The Bertz CT molecular complexity index is 118. The topological polar surface area (TPSA) is 20.2 Å². The lowest BCUT2D eigenvalue weighted by atomic mass is 9.89. The molecule has 0 bridgehead atoms. The molecule has 0 aromatic heterocycles. The smallest absolute Gasteiger partial charge is 0.0548 e. The van der Waals surface area contributed by atoms with Crippen LogP contribution < -0.4 is 0 Å². The molecule has 0 amide bonds. The van der Waals surface area contributed by atoms with Crippen LogP contribution in [-0.4, -0.2) is 22.7 Å². The maximum atomic E-state index is 9.63. The lowest BCUT2D eigenvalue weighted by Crippen LogP contribution is -2.13. The van der Waals surface area contributed by atoms with Gasteiger partial charge >= 0.3 is 0 Å². The van der Waals surface area contributed by atoms with Crippen molar-refractivity contribution in [1.82, 2.24) is 0 Å². The van der Waals surface area contributed by atoms with Crippen molar-refractivity contribution in [3.8, 4) is 0 Å². The molecule has 0 spiro atoms. The summed E-state index contributed by atoms with van der Waals surface area (Å²) in [5.74, 6) is 2.26. The number of hydrogen-bond acceptors (Lipinski definition) is 2. The Balaban J connectivity index is 3.35. The van der Waals surface area contributed by atoms with E-state index in [4.69, 9.17) is 0 Å². The number of hydrogen-bond donors (Lipinski definition) is 1. The monoisotopic (exact) mass is 204 g/mol. The third kappa shape index (κ3) is 10.2. The van der Waals surface area contributed by atoms with Gasteiger partial charge in [-0.2, -0.15) is 11.8 Å². The fraction of sp³-hybridized carbons (Fsp3) is 1.00. The van der Waals surface area contributed by atoms with Crippen molar-refractivity contribution in [2.75, 3.05) is 11.5 Å². The average Bonchev–Trinajstić information content (AvgIpc) is 2.00. The second-order valence-electron chi connectivity index (χ2n) is 4.74. The summed E-state index contributed by atoms with van der Waals surface area (Å²) in [5.41, 5.74) is 0.360. The molecule has 0 saturated heterocycles. The van der Waals surface area contributed by atoms with E-state index in [0.29, 0.717) is 5.41 Å². The lowest BCUT2D eigenvalue weighted by molar-refractivity contribution is 0.143. The summed E-state index contributed by atoms with van der Waals surface area (Å²) in [6.07, 6.45) is 2.94. The third-order valence-electron chi connectivity index (χ3n) is 2.03. The molecular formula is C11H24OS. The molecule has 13 heavy (non-hydrogen) atoms. The fourth-order valence-electron chi connectivity index (χ4n) is 1.11. The van der Waals surface area contributed by atoms with Crippen molar-refractivity contribution in [1.29, 1.82) is 0 Å². The Morgan fingerprint density at radius 3 is 2.31 bits per heavy atom.